The molecule has 31 heavy (non-hydrogen) atoms. The number of amides is 2. The van der Waals surface area contributed by atoms with Crippen molar-refractivity contribution in [1.82, 2.24) is 5.32 Å². The first-order chi connectivity index (χ1) is 14.7. The van der Waals surface area contributed by atoms with Gasteiger partial charge in [0.25, 0.3) is 0 Å². The molecule has 0 aliphatic rings. The Morgan fingerprint density at radius 1 is 1.06 bits per heavy atom. The predicted molar refractivity (Wildman–Crippen MR) is 116 cm³/mol. The van der Waals surface area contributed by atoms with Crippen molar-refractivity contribution in [2.75, 3.05) is 18.5 Å². The summed E-state index contributed by atoms with van der Waals surface area (Å²) in [6.45, 7) is 4.62. The normalized spacial score (nSPS) is 10.9. The molecule has 0 radical (unpaired) electrons. The molecule has 0 bridgehead atoms. The summed E-state index contributed by atoms with van der Waals surface area (Å²) in [6.07, 6.45) is 2.73. The van der Waals surface area contributed by atoms with Gasteiger partial charge in [-0.3, -0.25) is 9.59 Å². The van der Waals surface area contributed by atoms with Crippen molar-refractivity contribution >= 4 is 23.6 Å². The van der Waals surface area contributed by atoms with Crippen LogP contribution in [0.5, 0.6) is 11.5 Å². The van der Waals surface area contributed by atoms with Gasteiger partial charge in [-0.1, -0.05) is 23.8 Å². The van der Waals surface area contributed by atoms with Crippen LogP contribution in [0.15, 0.2) is 36.4 Å². The molecule has 0 heterocycles. The first-order valence-corrected chi connectivity index (χ1v) is 9.74. The van der Waals surface area contributed by atoms with E-state index in [4.69, 9.17) is 4.74 Å². The number of nitrogens with one attached hydrogen (secondary N) is 2. The smallest absolute Gasteiger partial charge is 0.387 e. The number of carbonyl (C=O) groups excluding carboxylic acids is 2. The molecule has 6 nitrogen and oxygen atoms in total. The van der Waals surface area contributed by atoms with Crippen molar-refractivity contribution in [1.29, 1.82) is 0 Å². The highest BCUT2D eigenvalue weighted by Gasteiger charge is 2.12. The summed E-state index contributed by atoms with van der Waals surface area (Å²) in [4.78, 5) is 24.2. The molecule has 2 amide bonds. The van der Waals surface area contributed by atoms with Crippen LogP contribution in [0, 0.1) is 20.8 Å². The highest BCUT2D eigenvalue weighted by molar-refractivity contribution is 5.98. The average Bonchev–Trinajstić information content (AvgIpc) is 2.69. The van der Waals surface area contributed by atoms with Crippen LogP contribution >= 0.6 is 0 Å². The summed E-state index contributed by atoms with van der Waals surface area (Å²) in [7, 11) is 0. The van der Waals surface area contributed by atoms with Gasteiger partial charge in [0.1, 0.15) is 0 Å². The number of rotatable bonds is 9. The Hall–Kier alpha value is -3.42. The molecule has 0 spiro atoms. The Labute approximate surface area is 180 Å². The number of aryl methyl sites for hydroxylation is 3. The standard InChI is InChI=1S/C23H26F2N2O4/c1-5-30-19-12-17(6-8-18(19)31-23(24)25)7-9-20(28)26-13-21(29)27-22-15(3)10-14(2)11-16(22)4/h6-12,23H,5,13H2,1-4H3,(H,26,28)(H,27,29). The summed E-state index contributed by atoms with van der Waals surface area (Å²) < 4.78 is 34.6. The zero-order valence-electron chi connectivity index (χ0n) is 17.9. The molecule has 2 aromatic carbocycles. The molecule has 0 saturated carbocycles. The van der Waals surface area contributed by atoms with Crippen molar-refractivity contribution in [2.24, 2.45) is 0 Å². The topological polar surface area (TPSA) is 76.7 Å². The van der Waals surface area contributed by atoms with E-state index >= 15 is 0 Å². The Morgan fingerprint density at radius 3 is 2.35 bits per heavy atom. The van der Waals surface area contributed by atoms with Gasteiger partial charge in [0.2, 0.25) is 11.8 Å². The van der Waals surface area contributed by atoms with E-state index in [1.807, 2.05) is 32.9 Å². The predicted octanol–water partition coefficient (Wildman–Crippen LogP) is 4.38. The summed E-state index contributed by atoms with van der Waals surface area (Å²) in [5, 5.41) is 5.32. The van der Waals surface area contributed by atoms with Gasteiger partial charge in [-0.15, -0.1) is 0 Å². The number of benzene rings is 2. The fraction of sp³-hybridized carbons (Fsp3) is 0.304. The fourth-order valence-corrected chi connectivity index (χ4v) is 3.05. The number of hydrogen-bond acceptors (Lipinski definition) is 4. The van der Waals surface area contributed by atoms with E-state index in [0.29, 0.717) is 5.56 Å². The third kappa shape index (κ3) is 7.40. The van der Waals surface area contributed by atoms with Crippen LogP contribution < -0.4 is 20.1 Å². The van der Waals surface area contributed by atoms with Crippen molar-refractivity contribution in [3.05, 3.63) is 58.7 Å². The molecule has 0 aliphatic heterocycles. The third-order valence-corrected chi connectivity index (χ3v) is 4.28. The number of hydrogen-bond donors (Lipinski definition) is 2. The van der Waals surface area contributed by atoms with Crippen molar-refractivity contribution in [3.63, 3.8) is 0 Å². The summed E-state index contributed by atoms with van der Waals surface area (Å²) in [6, 6.07) is 8.28. The van der Waals surface area contributed by atoms with Crippen molar-refractivity contribution in [2.45, 2.75) is 34.3 Å². The van der Waals surface area contributed by atoms with Gasteiger partial charge in [0.15, 0.2) is 11.5 Å². The summed E-state index contributed by atoms with van der Waals surface area (Å²) in [5.74, 6) is -0.757. The molecule has 166 valence electrons. The minimum absolute atomic E-state index is 0.0863. The van der Waals surface area contributed by atoms with Gasteiger partial charge in [-0.2, -0.15) is 8.78 Å². The molecule has 0 saturated heterocycles. The maximum atomic E-state index is 12.5. The highest BCUT2D eigenvalue weighted by atomic mass is 19.3. The molecule has 0 aromatic heterocycles. The minimum atomic E-state index is -2.97. The van der Waals surface area contributed by atoms with Crippen LogP contribution in [0.1, 0.15) is 29.2 Å². The molecule has 8 heteroatoms. The third-order valence-electron chi connectivity index (χ3n) is 4.28. The number of ether oxygens (including phenoxy) is 2. The molecule has 2 N–H and O–H groups in total. The molecular weight excluding hydrogens is 406 g/mol. The maximum Gasteiger partial charge on any atom is 0.387 e. The molecular formula is C23H26F2N2O4. The van der Waals surface area contributed by atoms with Crippen LogP contribution in [0.3, 0.4) is 0 Å². The van der Waals surface area contributed by atoms with E-state index in [1.165, 1.54) is 30.4 Å². The Morgan fingerprint density at radius 2 is 1.74 bits per heavy atom. The molecule has 0 aliphatic carbocycles. The highest BCUT2D eigenvalue weighted by Crippen LogP contribution is 2.30. The second-order valence-corrected chi connectivity index (χ2v) is 6.89. The number of halogens is 2. The lowest BCUT2D eigenvalue weighted by molar-refractivity contribution is -0.121. The zero-order valence-corrected chi connectivity index (χ0v) is 17.9. The van der Waals surface area contributed by atoms with Crippen LogP contribution in [0.4, 0.5) is 14.5 Å². The van der Waals surface area contributed by atoms with Gasteiger partial charge >= 0.3 is 6.61 Å². The van der Waals surface area contributed by atoms with Crippen molar-refractivity contribution in [3.8, 4) is 11.5 Å². The van der Waals surface area contributed by atoms with E-state index < -0.39 is 12.5 Å². The zero-order chi connectivity index (χ0) is 23.0. The number of carbonyl (C=O) groups is 2. The van der Waals surface area contributed by atoms with E-state index in [9.17, 15) is 18.4 Å². The molecule has 0 fully saturated rings. The number of anilines is 1. The van der Waals surface area contributed by atoms with Gasteiger partial charge in [-0.25, -0.2) is 0 Å². The summed E-state index contributed by atoms with van der Waals surface area (Å²) >= 11 is 0. The van der Waals surface area contributed by atoms with Crippen LogP contribution in [-0.4, -0.2) is 31.6 Å². The minimum Gasteiger partial charge on any atom is -0.490 e. The summed E-state index contributed by atoms with van der Waals surface area (Å²) in [5.41, 5.74) is 4.28. The SMILES string of the molecule is CCOc1cc(C=CC(=O)NCC(=O)Nc2c(C)cc(C)cc2C)ccc1OC(F)F. The van der Waals surface area contributed by atoms with Gasteiger partial charge in [-0.05, 0) is 62.6 Å². The van der Waals surface area contributed by atoms with E-state index in [2.05, 4.69) is 15.4 Å². The lowest BCUT2D eigenvalue weighted by Crippen LogP contribution is -2.32. The molecule has 0 atom stereocenters. The van der Waals surface area contributed by atoms with Gasteiger partial charge in [0.05, 0.1) is 13.2 Å². The second-order valence-electron chi connectivity index (χ2n) is 6.89. The van der Waals surface area contributed by atoms with E-state index in [0.717, 1.165) is 22.4 Å². The second kappa shape index (κ2) is 11.1. The number of alkyl halides is 2. The van der Waals surface area contributed by atoms with Crippen LogP contribution in [-0.2, 0) is 9.59 Å². The average molecular weight is 432 g/mol. The first-order valence-electron chi connectivity index (χ1n) is 9.74. The fourth-order valence-electron chi connectivity index (χ4n) is 3.05. The molecule has 2 aromatic rings. The lowest BCUT2D eigenvalue weighted by atomic mass is 10.1. The van der Waals surface area contributed by atoms with E-state index in [1.54, 1.807) is 6.92 Å². The lowest BCUT2D eigenvalue weighted by Gasteiger charge is -2.13. The van der Waals surface area contributed by atoms with Crippen molar-refractivity contribution < 1.29 is 27.8 Å². The molecule has 0 unspecified atom stereocenters. The van der Waals surface area contributed by atoms with Gasteiger partial charge in [0, 0.05) is 11.8 Å². The Bertz CT molecular complexity index is 951. The van der Waals surface area contributed by atoms with Gasteiger partial charge < -0.3 is 20.1 Å². The maximum absolute atomic E-state index is 12.5. The molecule has 2 rings (SSSR count). The first kappa shape index (κ1) is 23.9. The Balaban J connectivity index is 1.95. The largest absolute Gasteiger partial charge is 0.490 e. The Kier molecular flexibility index (Phi) is 8.54. The quantitative estimate of drug-likeness (QED) is 0.577. The monoisotopic (exact) mass is 432 g/mol. The van der Waals surface area contributed by atoms with Crippen LogP contribution in [0.25, 0.3) is 6.08 Å². The van der Waals surface area contributed by atoms with Crippen LogP contribution in [0.2, 0.25) is 0 Å². The van der Waals surface area contributed by atoms with E-state index in [-0.39, 0.29) is 30.6 Å².